The van der Waals surface area contributed by atoms with Gasteiger partial charge in [0, 0.05) is 12.6 Å². The Balaban J connectivity index is 2.69. The fourth-order valence-corrected chi connectivity index (χ4v) is 1.84. The van der Waals surface area contributed by atoms with Crippen LogP contribution in [-0.2, 0) is 6.42 Å². The van der Waals surface area contributed by atoms with Crippen molar-refractivity contribution >= 4 is 0 Å². The molecule has 1 aromatic rings. The van der Waals surface area contributed by atoms with Gasteiger partial charge in [0.15, 0.2) is 0 Å². The van der Waals surface area contributed by atoms with Gasteiger partial charge in [0.1, 0.15) is 5.75 Å². The van der Waals surface area contributed by atoms with Crippen molar-refractivity contribution in [3.63, 3.8) is 0 Å². The van der Waals surface area contributed by atoms with Crippen molar-refractivity contribution < 1.29 is 4.74 Å². The Morgan fingerprint density at radius 1 is 1.31 bits per heavy atom. The molecule has 3 heteroatoms. The normalized spacial score (nSPS) is 12.8. The largest absolute Gasteiger partial charge is 0.496 e. The molecule has 90 valence electrons. The van der Waals surface area contributed by atoms with Crippen LogP contribution in [0.25, 0.3) is 0 Å². The lowest BCUT2D eigenvalue weighted by Gasteiger charge is -2.21. The molecule has 0 aliphatic rings. The molecule has 1 rings (SSSR count). The zero-order chi connectivity index (χ0) is 12.0. The standard InChI is InChI=1S/C13H22N2O/c1-14-12(10-15(2)3)9-11-7-5-6-8-13(11)16-4/h5-8,12,14H,9-10H2,1-4H3. The molecule has 0 saturated carbocycles. The van der Waals surface area contributed by atoms with E-state index in [4.69, 9.17) is 4.74 Å². The van der Waals surface area contributed by atoms with Crippen LogP contribution >= 0.6 is 0 Å². The van der Waals surface area contributed by atoms with Crippen LogP contribution in [0.5, 0.6) is 5.75 Å². The van der Waals surface area contributed by atoms with E-state index in [2.05, 4.69) is 36.4 Å². The summed E-state index contributed by atoms with van der Waals surface area (Å²) in [5.74, 6) is 0.974. The number of hydrogen-bond donors (Lipinski definition) is 1. The quantitative estimate of drug-likeness (QED) is 0.787. The number of methoxy groups -OCH3 is 1. The van der Waals surface area contributed by atoms with Crippen LogP contribution in [0.2, 0.25) is 0 Å². The molecule has 1 unspecified atom stereocenters. The molecule has 0 spiro atoms. The van der Waals surface area contributed by atoms with E-state index in [1.807, 2.05) is 19.2 Å². The zero-order valence-corrected chi connectivity index (χ0v) is 10.7. The number of hydrogen-bond acceptors (Lipinski definition) is 3. The SMILES string of the molecule is CNC(Cc1ccccc1OC)CN(C)C. The van der Waals surface area contributed by atoms with Gasteiger partial charge < -0.3 is 15.0 Å². The summed E-state index contributed by atoms with van der Waals surface area (Å²) in [5, 5.41) is 3.34. The van der Waals surface area contributed by atoms with E-state index in [9.17, 15) is 0 Å². The molecule has 0 aromatic heterocycles. The first kappa shape index (κ1) is 13.0. The second-order valence-corrected chi connectivity index (χ2v) is 4.26. The van der Waals surface area contributed by atoms with E-state index in [0.717, 1.165) is 18.7 Å². The molecule has 1 N–H and O–H groups in total. The van der Waals surface area contributed by atoms with Crippen molar-refractivity contribution in [1.29, 1.82) is 0 Å². The van der Waals surface area contributed by atoms with Crippen molar-refractivity contribution in [1.82, 2.24) is 10.2 Å². The van der Waals surface area contributed by atoms with Crippen LogP contribution in [0.4, 0.5) is 0 Å². The second kappa shape index (κ2) is 6.51. The van der Waals surface area contributed by atoms with Crippen LogP contribution in [0.15, 0.2) is 24.3 Å². The van der Waals surface area contributed by atoms with E-state index in [1.165, 1.54) is 5.56 Å². The highest BCUT2D eigenvalue weighted by Gasteiger charge is 2.11. The maximum absolute atomic E-state index is 5.35. The van der Waals surface area contributed by atoms with Gasteiger partial charge in [-0.3, -0.25) is 0 Å². The lowest BCUT2D eigenvalue weighted by Crippen LogP contribution is -2.37. The van der Waals surface area contributed by atoms with Crippen LogP contribution < -0.4 is 10.1 Å². The minimum Gasteiger partial charge on any atom is -0.496 e. The molecule has 3 nitrogen and oxygen atoms in total. The molecule has 0 aliphatic carbocycles. The Hall–Kier alpha value is -1.06. The monoisotopic (exact) mass is 222 g/mol. The Morgan fingerprint density at radius 3 is 2.56 bits per heavy atom. The summed E-state index contributed by atoms with van der Waals surface area (Å²) in [6.07, 6.45) is 0.985. The molecule has 0 amide bonds. The van der Waals surface area contributed by atoms with Gasteiger partial charge in [0.2, 0.25) is 0 Å². The first-order valence-electron chi connectivity index (χ1n) is 5.61. The Labute approximate surface area is 98.4 Å². The number of likely N-dealkylation sites (N-methyl/N-ethyl adjacent to an activating group) is 2. The molecular formula is C13H22N2O. The molecule has 0 heterocycles. The van der Waals surface area contributed by atoms with Gasteiger partial charge in [0.05, 0.1) is 7.11 Å². The fraction of sp³-hybridized carbons (Fsp3) is 0.538. The predicted molar refractivity (Wildman–Crippen MR) is 68.1 cm³/mol. The van der Waals surface area contributed by atoms with Crippen LogP contribution in [-0.4, -0.2) is 45.7 Å². The summed E-state index contributed by atoms with van der Waals surface area (Å²) in [6, 6.07) is 8.64. The summed E-state index contributed by atoms with van der Waals surface area (Å²) in [7, 11) is 7.90. The van der Waals surface area contributed by atoms with Crippen molar-refractivity contribution in [3.8, 4) is 5.75 Å². The molecular weight excluding hydrogens is 200 g/mol. The van der Waals surface area contributed by atoms with Gasteiger partial charge in [-0.25, -0.2) is 0 Å². The number of para-hydroxylation sites is 1. The van der Waals surface area contributed by atoms with Crippen molar-refractivity contribution in [2.24, 2.45) is 0 Å². The highest BCUT2D eigenvalue weighted by Crippen LogP contribution is 2.18. The van der Waals surface area contributed by atoms with Gasteiger partial charge in [0.25, 0.3) is 0 Å². The second-order valence-electron chi connectivity index (χ2n) is 4.26. The number of benzene rings is 1. The van der Waals surface area contributed by atoms with Gasteiger partial charge in [-0.15, -0.1) is 0 Å². The zero-order valence-electron chi connectivity index (χ0n) is 10.7. The molecule has 16 heavy (non-hydrogen) atoms. The van der Waals surface area contributed by atoms with Crippen LogP contribution in [0, 0.1) is 0 Å². The smallest absolute Gasteiger partial charge is 0.122 e. The average molecular weight is 222 g/mol. The third kappa shape index (κ3) is 3.83. The molecule has 0 saturated heterocycles. The fourth-order valence-electron chi connectivity index (χ4n) is 1.84. The first-order chi connectivity index (χ1) is 7.67. The summed E-state index contributed by atoms with van der Waals surface area (Å²) in [5.41, 5.74) is 1.26. The predicted octanol–water partition coefficient (Wildman–Crippen LogP) is 1.39. The minimum absolute atomic E-state index is 0.450. The Morgan fingerprint density at radius 2 is 2.00 bits per heavy atom. The number of nitrogens with one attached hydrogen (secondary N) is 1. The van der Waals surface area contributed by atoms with Gasteiger partial charge in [-0.2, -0.15) is 0 Å². The Bertz CT molecular complexity index is 313. The van der Waals surface area contributed by atoms with Gasteiger partial charge >= 0.3 is 0 Å². The van der Waals surface area contributed by atoms with Crippen molar-refractivity contribution in [2.75, 3.05) is 34.8 Å². The minimum atomic E-state index is 0.450. The first-order valence-corrected chi connectivity index (χ1v) is 5.61. The number of rotatable bonds is 6. The van der Waals surface area contributed by atoms with E-state index < -0.39 is 0 Å². The maximum Gasteiger partial charge on any atom is 0.122 e. The highest BCUT2D eigenvalue weighted by molar-refractivity contribution is 5.33. The molecule has 0 bridgehead atoms. The van der Waals surface area contributed by atoms with Crippen LogP contribution in [0.3, 0.4) is 0 Å². The summed E-state index contributed by atoms with van der Waals surface area (Å²) in [6.45, 7) is 1.02. The summed E-state index contributed by atoms with van der Waals surface area (Å²) < 4.78 is 5.35. The molecule has 1 aromatic carbocycles. The van der Waals surface area contributed by atoms with Crippen LogP contribution in [0.1, 0.15) is 5.56 Å². The van der Waals surface area contributed by atoms with Crippen molar-refractivity contribution in [2.45, 2.75) is 12.5 Å². The van der Waals surface area contributed by atoms with E-state index in [1.54, 1.807) is 7.11 Å². The lowest BCUT2D eigenvalue weighted by atomic mass is 10.0. The number of nitrogens with zero attached hydrogens (tertiary/aromatic N) is 1. The topological polar surface area (TPSA) is 24.5 Å². The van der Waals surface area contributed by atoms with E-state index >= 15 is 0 Å². The summed E-state index contributed by atoms with van der Waals surface area (Å²) in [4.78, 5) is 2.19. The molecule has 0 radical (unpaired) electrons. The third-order valence-corrected chi connectivity index (χ3v) is 2.65. The highest BCUT2D eigenvalue weighted by atomic mass is 16.5. The lowest BCUT2D eigenvalue weighted by molar-refractivity contribution is 0.342. The van der Waals surface area contributed by atoms with Gasteiger partial charge in [-0.1, -0.05) is 18.2 Å². The molecule has 0 fully saturated rings. The number of ether oxygens (including phenoxy) is 1. The summed E-state index contributed by atoms with van der Waals surface area (Å²) >= 11 is 0. The third-order valence-electron chi connectivity index (χ3n) is 2.65. The molecule has 1 atom stereocenters. The molecule has 0 aliphatic heterocycles. The van der Waals surface area contributed by atoms with Crippen molar-refractivity contribution in [3.05, 3.63) is 29.8 Å². The van der Waals surface area contributed by atoms with E-state index in [0.29, 0.717) is 6.04 Å². The maximum atomic E-state index is 5.35. The van der Waals surface area contributed by atoms with E-state index in [-0.39, 0.29) is 0 Å². The van der Waals surface area contributed by atoms with Gasteiger partial charge in [-0.05, 0) is 39.2 Å². The average Bonchev–Trinajstić information content (AvgIpc) is 2.28. The Kier molecular flexibility index (Phi) is 5.29.